The van der Waals surface area contributed by atoms with Crippen LogP contribution in [-0.2, 0) is 6.42 Å². The van der Waals surface area contributed by atoms with E-state index in [1.807, 2.05) is 24.3 Å². The predicted molar refractivity (Wildman–Crippen MR) is 75.4 cm³/mol. The van der Waals surface area contributed by atoms with Crippen LogP contribution in [-0.4, -0.2) is 17.1 Å². The van der Waals surface area contributed by atoms with Gasteiger partial charge in [-0.2, -0.15) is 5.26 Å². The molecule has 0 amide bonds. The van der Waals surface area contributed by atoms with Gasteiger partial charge >= 0.3 is 0 Å². The van der Waals surface area contributed by atoms with Gasteiger partial charge in [-0.05, 0) is 17.7 Å². The molecule has 1 heterocycles. The lowest BCUT2D eigenvalue weighted by atomic mass is 10.1. The molecule has 102 valence electrons. The van der Waals surface area contributed by atoms with Crippen molar-refractivity contribution < 1.29 is 4.74 Å². The minimum absolute atomic E-state index is 0.387. The third kappa shape index (κ3) is 2.93. The summed E-state index contributed by atoms with van der Waals surface area (Å²) in [5.41, 5.74) is 4.23. The number of nitrogens with one attached hydrogen (secondary N) is 2. The normalized spacial score (nSPS) is 9.65. The van der Waals surface area contributed by atoms with Crippen LogP contribution >= 0.6 is 0 Å². The van der Waals surface area contributed by atoms with E-state index in [9.17, 15) is 0 Å². The monoisotopic (exact) mass is 270 g/mol. The molecular weight excluding hydrogens is 256 g/mol. The molecule has 0 saturated carbocycles. The molecule has 7 nitrogen and oxygen atoms in total. The van der Waals surface area contributed by atoms with E-state index in [1.165, 1.54) is 13.4 Å². The molecule has 1 aromatic carbocycles. The summed E-state index contributed by atoms with van der Waals surface area (Å²) in [7, 11) is 1.51. The van der Waals surface area contributed by atoms with E-state index in [1.54, 1.807) is 0 Å². The van der Waals surface area contributed by atoms with Gasteiger partial charge in [0.2, 0.25) is 5.75 Å². The number of hydrogen-bond acceptors (Lipinski definition) is 7. The number of methoxy groups -OCH3 is 1. The third-order valence-electron chi connectivity index (χ3n) is 2.64. The van der Waals surface area contributed by atoms with Crippen LogP contribution < -0.4 is 21.3 Å². The zero-order chi connectivity index (χ0) is 14.4. The van der Waals surface area contributed by atoms with Gasteiger partial charge in [0.25, 0.3) is 0 Å². The van der Waals surface area contributed by atoms with E-state index in [2.05, 4.69) is 26.8 Å². The number of ether oxygens (including phenoxy) is 1. The van der Waals surface area contributed by atoms with Crippen LogP contribution in [0.25, 0.3) is 0 Å². The summed E-state index contributed by atoms with van der Waals surface area (Å²) in [5.74, 6) is 6.69. The topological polar surface area (TPSA) is 109 Å². The van der Waals surface area contributed by atoms with Gasteiger partial charge in [-0.25, -0.2) is 15.8 Å². The number of nitrogens with zero attached hydrogens (tertiary/aromatic N) is 3. The molecule has 1 aromatic heterocycles. The lowest BCUT2D eigenvalue weighted by Crippen LogP contribution is -2.11. The van der Waals surface area contributed by atoms with E-state index in [0.29, 0.717) is 23.8 Å². The lowest BCUT2D eigenvalue weighted by molar-refractivity contribution is 0.415. The predicted octanol–water partition coefficient (Wildman–Crippen LogP) is 1.58. The Morgan fingerprint density at radius 3 is 2.55 bits per heavy atom. The Bertz CT molecular complexity index is 620. The van der Waals surface area contributed by atoms with Crippen molar-refractivity contribution in [2.45, 2.75) is 6.42 Å². The minimum atomic E-state index is 0.387. The molecule has 0 saturated heterocycles. The highest BCUT2D eigenvalue weighted by Crippen LogP contribution is 2.30. The van der Waals surface area contributed by atoms with Gasteiger partial charge in [0.05, 0.1) is 19.6 Å². The fourth-order valence-electron chi connectivity index (χ4n) is 1.69. The summed E-state index contributed by atoms with van der Waals surface area (Å²) in [6.45, 7) is 0. The number of rotatable bonds is 5. The van der Waals surface area contributed by atoms with E-state index in [4.69, 9.17) is 15.8 Å². The smallest absolute Gasteiger partial charge is 0.205 e. The van der Waals surface area contributed by atoms with Gasteiger partial charge in [-0.3, -0.25) is 0 Å². The third-order valence-corrected chi connectivity index (χ3v) is 2.64. The fourth-order valence-corrected chi connectivity index (χ4v) is 1.69. The molecule has 0 spiro atoms. The Morgan fingerprint density at radius 2 is 1.95 bits per heavy atom. The average Bonchev–Trinajstić information content (AvgIpc) is 2.49. The van der Waals surface area contributed by atoms with Crippen LogP contribution in [0.4, 0.5) is 17.3 Å². The Balaban J connectivity index is 2.23. The molecular formula is C13H14N6O. The number of nitrogens with two attached hydrogens (primary N) is 1. The second-order valence-electron chi connectivity index (χ2n) is 3.91. The summed E-state index contributed by atoms with van der Waals surface area (Å²) in [5, 5.41) is 11.7. The van der Waals surface area contributed by atoms with E-state index in [0.717, 1.165) is 11.3 Å². The van der Waals surface area contributed by atoms with Crippen molar-refractivity contribution in [1.82, 2.24) is 9.97 Å². The SMILES string of the molecule is COc1c(NN)ncnc1Nc1ccc(CC#N)cc1. The first-order valence-electron chi connectivity index (χ1n) is 5.87. The molecule has 7 heteroatoms. The van der Waals surface area contributed by atoms with Crippen LogP contribution in [0.5, 0.6) is 5.75 Å². The van der Waals surface area contributed by atoms with Crippen molar-refractivity contribution in [2.75, 3.05) is 17.9 Å². The fraction of sp³-hybridized carbons (Fsp3) is 0.154. The van der Waals surface area contributed by atoms with Crippen LogP contribution in [0, 0.1) is 11.3 Å². The number of anilines is 3. The van der Waals surface area contributed by atoms with Gasteiger partial charge in [0.1, 0.15) is 6.33 Å². The molecule has 4 N–H and O–H groups in total. The largest absolute Gasteiger partial charge is 0.490 e. The van der Waals surface area contributed by atoms with E-state index in [-0.39, 0.29) is 0 Å². The summed E-state index contributed by atoms with van der Waals surface area (Å²) < 4.78 is 5.23. The Morgan fingerprint density at radius 1 is 1.25 bits per heavy atom. The number of hydrazine groups is 1. The van der Waals surface area contributed by atoms with E-state index < -0.39 is 0 Å². The molecule has 0 radical (unpaired) electrons. The average molecular weight is 270 g/mol. The quantitative estimate of drug-likeness (QED) is 0.559. The van der Waals surface area contributed by atoms with Crippen molar-refractivity contribution in [2.24, 2.45) is 5.84 Å². The van der Waals surface area contributed by atoms with E-state index >= 15 is 0 Å². The van der Waals surface area contributed by atoms with Crippen molar-refractivity contribution >= 4 is 17.3 Å². The zero-order valence-electron chi connectivity index (χ0n) is 10.9. The van der Waals surface area contributed by atoms with Gasteiger partial charge in [-0.1, -0.05) is 12.1 Å². The second-order valence-corrected chi connectivity index (χ2v) is 3.91. The van der Waals surface area contributed by atoms with Crippen molar-refractivity contribution in [3.63, 3.8) is 0 Å². The lowest BCUT2D eigenvalue weighted by Gasteiger charge is -2.12. The maximum absolute atomic E-state index is 8.63. The van der Waals surface area contributed by atoms with Gasteiger partial charge in [0.15, 0.2) is 11.6 Å². The molecule has 0 unspecified atom stereocenters. The molecule has 2 aromatic rings. The molecule has 0 aliphatic rings. The minimum Gasteiger partial charge on any atom is -0.490 e. The molecule has 0 atom stereocenters. The van der Waals surface area contributed by atoms with Crippen molar-refractivity contribution in [1.29, 1.82) is 5.26 Å². The number of hydrogen-bond donors (Lipinski definition) is 3. The maximum Gasteiger partial charge on any atom is 0.205 e. The number of benzene rings is 1. The first kappa shape index (κ1) is 13.6. The Hall–Kier alpha value is -2.85. The maximum atomic E-state index is 8.63. The molecule has 0 aliphatic heterocycles. The first-order valence-corrected chi connectivity index (χ1v) is 5.87. The summed E-state index contributed by atoms with van der Waals surface area (Å²) in [6, 6.07) is 9.59. The van der Waals surface area contributed by atoms with Crippen LogP contribution in [0.3, 0.4) is 0 Å². The second kappa shape index (κ2) is 6.36. The zero-order valence-corrected chi connectivity index (χ0v) is 10.9. The Labute approximate surface area is 116 Å². The number of nitriles is 1. The van der Waals surface area contributed by atoms with Gasteiger partial charge < -0.3 is 15.5 Å². The Kier molecular flexibility index (Phi) is 4.32. The van der Waals surface area contributed by atoms with Gasteiger partial charge in [-0.15, -0.1) is 0 Å². The number of nitrogen functional groups attached to an aromatic ring is 1. The summed E-state index contributed by atoms with van der Waals surface area (Å²) in [4.78, 5) is 8.08. The van der Waals surface area contributed by atoms with Crippen LogP contribution in [0.2, 0.25) is 0 Å². The summed E-state index contributed by atoms with van der Waals surface area (Å²) >= 11 is 0. The molecule has 2 rings (SSSR count). The highest BCUT2D eigenvalue weighted by atomic mass is 16.5. The highest BCUT2D eigenvalue weighted by Gasteiger charge is 2.11. The highest BCUT2D eigenvalue weighted by molar-refractivity contribution is 5.69. The van der Waals surface area contributed by atoms with Crippen molar-refractivity contribution in [3.8, 4) is 11.8 Å². The number of aromatic nitrogens is 2. The van der Waals surface area contributed by atoms with Gasteiger partial charge in [0, 0.05) is 5.69 Å². The summed E-state index contributed by atoms with van der Waals surface area (Å²) in [6.07, 6.45) is 1.77. The van der Waals surface area contributed by atoms with Crippen LogP contribution in [0.1, 0.15) is 5.56 Å². The molecule has 0 aliphatic carbocycles. The first-order chi connectivity index (χ1) is 9.78. The standard InChI is InChI=1S/C13H14N6O/c1-20-11-12(16-8-17-13(11)19-15)18-10-4-2-9(3-5-10)6-7-14/h2-5,8H,6,15H2,1H3,(H2,16,17,18,19). The molecule has 0 bridgehead atoms. The van der Waals surface area contributed by atoms with Crippen molar-refractivity contribution in [3.05, 3.63) is 36.2 Å². The molecule has 20 heavy (non-hydrogen) atoms. The molecule has 0 fully saturated rings. The van der Waals surface area contributed by atoms with Crippen LogP contribution in [0.15, 0.2) is 30.6 Å².